The number of pyridine rings is 1. The molecule has 0 atom stereocenters. The first-order valence-corrected chi connectivity index (χ1v) is 9.86. The van der Waals surface area contributed by atoms with E-state index in [0.717, 1.165) is 21.9 Å². The number of para-hydroxylation sites is 1. The smallest absolute Gasteiger partial charge is 0.227 e. The number of hydrogen-bond acceptors (Lipinski definition) is 3. The normalized spacial score (nSPS) is 15.0. The molecule has 4 rings (SSSR count). The van der Waals surface area contributed by atoms with Gasteiger partial charge >= 0.3 is 0 Å². The molecule has 1 aliphatic rings. The minimum atomic E-state index is -0.667. The average molecular weight is 446 g/mol. The predicted molar refractivity (Wildman–Crippen MR) is 109 cm³/mol. The van der Waals surface area contributed by atoms with Crippen molar-refractivity contribution >= 4 is 44.1 Å². The summed E-state index contributed by atoms with van der Waals surface area (Å²) in [5.74, 6) is -1.41. The van der Waals surface area contributed by atoms with E-state index in [2.05, 4.69) is 31.1 Å². The number of piperidine rings is 1. The molecule has 1 N–H and O–H groups in total. The number of aromatic nitrogens is 1. The molecule has 1 aliphatic heterocycles. The number of benzene rings is 2. The molecule has 144 valence electrons. The number of fused-ring (bicyclic) bond motifs is 1. The minimum Gasteiger partial charge on any atom is -0.371 e. The first-order valence-electron chi connectivity index (χ1n) is 9.07. The van der Waals surface area contributed by atoms with Gasteiger partial charge in [0.2, 0.25) is 5.91 Å². The summed E-state index contributed by atoms with van der Waals surface area (Å²) in [7, 11) is 0. The average Bonchev–Trinajstić information content (AvgIpc) is 2.69. The summed E-state index contributed by atoms with van der Waals surface area (Å²) < 4.78 is 28.6. The Morgan fingerprint density at radius 2 is 1.89 bits per heavy atom. The maximum absolute atomic E-state index is 14.0. The van der Waals surface area contributed by atoms with E-state index < -0.39 is 11.6 Å². The van der Waals surface area contributed by atoms with Crippen molar-refractivity contribution in [1.82, 2.24) is 4.98 Å². The van der Waals surface area contributed by atoms with Crippen LogP contribution in [0, 0.1) is 17.6 Å². The number of carbonyl (C=O) groups is 1. The van der Waals surface area contributed by atoms with E-state index in [1.54, 1.807) is 6.07 Å². The number of carbonyl (C=O) groups excluding carboxylic acids is 1. The zero-order chi connectivity index (χ0) is 19.7. The van der Waals surface area contributed by atoms with Crippen molar-refractivity contribution in [3.8, 4) is 0 Å². The Morgan fingerprint density at radius 3 is 2.64 bits per heavy atom. The molecule has 1 fully saturated rings. The number of anilines is 2. The van der Waals surface area contributed by atoms with Crippen molar-refractivity contribution in [1.29, 1.82) is 0 Å². The highest BCUT2D eigenvalue weighted by molar-refractivity contribution is 9.10. The Labute approximate surface area is 169 Å². The van der Waals surface area contributed by atoms with E-state index >= 15 is 0 Å². The molecule has 0 spiro atoms. The third kappa shape index (κ3) is 3.71. The fourth-order valence-corrected chi connectivity index (χ4v) is 4.00. The molecule has 2 aromatic carbocycles. The molecule has 0 bridgehead atoms. The van der Waals surface area contributed by atoms with Crippen molar-refractivity contribution in [2.45, 2.75) is 12.8 Å². The topological polar surface area (TPSA) is 45.2 Å². The predicted octanol–water partition coefficient (Wildman–Crippen LogP) is 5.13. The standard InChI is InChI=1S/C21H18BrF2N3O/c22-16-3-1-2-4-18(16)26-21(28)13-6-9-27(10-7-13)19-5-8-25-20-15(19)11-14(23)12-17(20)24/h1-5,8,11-13H,6-7,9-10H2,(H,26,28). The van der Waals surface area contributed by atoms with Crippen molar-refractivity contribution in [3.05, 3.63) is 64.8 Å². The molecule has 3 aromatic rings. The van der Waals surface area contributed by atoms with E-state index in [-0.39, 0.29) is 17.3 Å². The van der Waals surface area contributed by atoms with Crippen molar-refractivity contribution < 1.29 is 13.6 Å². The number of rotatable bonds is 3. The van der Waals surface area contributed by atoms with Crippen LogP contribution in [0.1, 0.15) is 12.8 Å². The van der Waals surface area contributed by atoms with Crippen LogP contribution in [-0.4, -0.2) is 24.0 Å². The second-order valence-corrected chi connectivity index (χ2v) is 7.70. The molecule has 2 heterocycles. The van der Waals surface area contributed by atoms with Gasteiger partial charge in [-0.05, 0) is 53.0 Å². The Balaban J connectivity index is 1.48. The Hall–Kier alpha value is -2.54. The zero-order valence-corrected chi connectivity index (χ0v) is 16.5. The van der Waals surface area contributed by atoms with Gasteiger partial charge in [0, 0.05) is 46.8 Å². The van der Waals surface area contributed by atoms with Gasteiger partial charge in [-0.3, -0.25) is 9.78 Å². The number of hydrogen-bond donors (Lipinski definition) is 1. The monoisotopic (exact) mass is 445 g/mol. The lowest BCUT2D eigenvalue weighted by Gasteiger charge is -2.33. The van der Waals surface area contributed by atoms with Crippen LogP contribution < -0.4 is 10.2 Å². The molecule has 28 heavy (non-hydrogen) atoms. The number of nitrogens with zero attached hydrogens (tertiary/aromatic N) is 2. The van der Waals surface area contributed by atoms with Crippen LogP contribution in [-0.2, 0) is 4.79 Å². The van der Waals surface area contributed by atoms with Gasteiger partial charge in [-0.15, -0.1) is 0 Å². The third-order valence-electron chi connectivity index (χ3n) is 5.08. The molecule has 1 saturated heterocycles. The molecule has 4 nitrogen and oxygen atoms in total. The van der Waals surface area contributed by atoms with Gasteiger partial charge in [0.25, 0.3) is 0 Å². The zero-order valence-electron chi connectivity index (χ0n) is 15.0. The number of halogens is 3. The van der Waals surface area contributed by atoms with Crippen molar-refractivity contribution in [2.75, 3.05) is 23.3 Å². The highest BCUT2D eigenvalue weighted by atomic mass is 79.9. The summed E-state index contributed by atoms with van der Waals surface area (Å²) in [6.45, 7) is 1.26. The molecule has 0 aliphatic carbocycles. The first kappa shape index (κ1) is 18.8. The van der Waals surface area contributed by atoms with Gasteiger partial charge in [0.05, 0.1) is 5.69 Å². The lowest BCUT2D eigenvalue weighted by molar-refractivity contribution is -0.120. The molecule has 7 heteroatoms. The van der Waals surface area contributed by atoms with E-state index in [1.165, 1.54) is 12.3 Å². The largest absolute Gasteiger partial charge is 0.371 e. The summed E-state index contributed by atoms with van der Waals surface area (Å²) in [4.78, 5) is 18.7. The second kappa shape index (κ2) is 7.83. The summed E-state index contributed by atoms with van der Waals surface area (Å²) >= 11 is 3.43. The van der Waals surface area contributed by atoms with Crippen molar-refractivity contribution in [3.63, 3.8) is 0 Å². The molecule has 0 radical (unpaired) electrons. The van der Waals surface area contributed by atoms with Gasteiger partial charge in [0.1, 0.15) is 11.3 Å². The summed E-state index contributed by atoms with van der Waals surface area (Å²) in [6, 6.07) is 11.4. The SMILES string of the molecule is O=C(Nc1ccccc1Br)C1CCN(c2ccnc3c(F)cc(F)cc23)CC1. The van der Waals surface area contributed by atoms with Gasteiger partial charge in [-0.25, -0.2) is 8.78 Å². The van der Waals surface area contributed by atoms with Crippen LogP contribution in [0.25, 0.3) is 10.9 Å². The van der Waals surface area contributed by atoms with Crippen LogP contribution in [0.15, 0.2) is 53.1 Å². The maximum Gasteiger partial charge on any atom is 0.227 e. The lowest BCUT2D eigenvalue weighted by Crippen LogP contribution is -2.38. The van der Waals surface area contributed by atoms with Gasteiger partial charge in [-0.2, -0.15) is 0 Å². The fraction of sp³-hybridized carbons (Fsp3) is 0.238. The fourth-order valence-electron chi connectivity index (χ4n) is 3.62. The summed E-state index contributed by atoms with van der Waals surface area (Å²) in [6.07, 6.45) is 2.86. The van der Waals surface area contributed by atoms with Gasteiger partial charge in [0.15, 0.2) is 5.82 Å². The quantitative estimate of drug-likeness (QED) is 0.607. The van der Waals surface area contributed by atoms with Gasteiger partial charge in [-0.1, -0.05) is 12.1 Å². The second-order valence-electron chi connectivity index (χ2n) is 6.84. The van der Waals surface area contributed by atoms with E-state index in [4.69, 9.17) is 0 Å². The van der Waals surface area contributed by atoms with Gasteiger partial charge < -0.3 is 10.2 Å². The molecular weight excluding hydrogens is 428 g/mol. The first-order chi connectivity index (χ1) is 13.5. The molecule has 0 unspecified atom stereocenters. The highest BCUT2D eigenvalue weighted by Gasteiger charge is 2.26. The molecular formula is C21H18BrF2N3O. The lowest BCUT2D eigenvalue weighted by atomic mass is 9.95. The van der Waals surface area contributed by atoms with E-state index in [1.807, 2.05) is 24.3 Å². The summed E-state index contributed by atoms with van der Waals surface area (Å²) in [5, 5.41) is 3.42. The van der Waals surface area contributed by atoms with Crippen LogP contribution in [0.5, 0.6) is 0 Å². The van der Waals surface area contributed by atoms with Crippen LogP contribution in [0.2, 0.25) is 0 Å². The maximum atomic E-state index is 14.0. The number of amides is 1. The molecule has 0 saturated carbocycles. The Bertz CT molecular complexity index is 1040. The third-order valence-corrected chi connectivity index (χ3v) is 5.77. The molecule has 1 aromatic heterocycles. The van der Waals surface area contributed by atoms with Crippen LogP contribution >= 0.6 is 15.9 Å². The van der Waals surface area contributed by atoms with Crippen LogP contribution in [0.3, 0.4) is 0 Å². The Morgan fingerprint density at radius 1 is 1.14 bits per heavy atom. The summed E-state index contributed by atoms with van der Waals surface area (Å²) in [5.41, 5.74) is 1.65. The van der Waals surface area contributed by atoms with E-state index in [0.29, 0.717) is 31.3 Å². The van der Waals surface area contributed by atoms with Crippen molar-refractivity contribution in [2.24, 2.45) is 5.92 Å². The van der Waals surface area contributed by atoms with Crippen LogP contribution in [0.4, 0.5) is 20.2 Å². The highest BCUT2D eigenvalue weighted by Crippen LogP contribution is 2.31. The Kier molecular flexibility index (Phi) is 5.26. The minimum absolute atomic E-state index is 0.0109. The van der Waals surface area contributed by atoms with E-state index in [9.17, 15) is 13.6 Å². The molecule has 1 amide bonds. The number of nitrogens with one attached hydrogen (secondary N) is 1.